The van der Waals surface area contributed by atoms with Gasteiger partial charge in [0, 0.05) is 17.5 Å². The molecular weight excluding hydrogens is 246 g/mol. The molecule has 0 bridgehead atoms. The molecule has 2 saturated carbocycles. The van der Waals surface area contributed by atoms with E-state index in [1.54, 1.807) is 0 Å². The van der Waals surface area contributed by atoms with Crippen molar-refractivity contribution in [1.82, 2.24) is 9.97 Å². The zero-order chi connectivity index (χ0) is 13.5. The highest BCUT2D eigenvalue weighted by molar-refractivity contribution is 5.67. The van der Waals surface area contributed by atoms with Crippen LogP contribution in [0.3, 0.4) is 0 Å². The fourth-order valence-corrected chi connectivity index (χ4v) is 2.95. The Bertz CT molecular complexity index is 642. The summed E-state index contributed by atoms with van der Waals surface area (Å²) in [4.78, 5) is 9.17. The van der Waals surface area contributed by atoms with E-state index in [9.17, 15) is 0 Å². The molecule has 0 atom stereocenters. The Kier molecular flexibility index (Phi) is 2.72. The maximum atomic E-state index is 5.98. The minimum Gasteiger partial charge on any atom is -0.384 e. The number of benzene rings is 1. The van der Waals surface area contributed by atoms with Gasteiger partial charge in [0.1, 0.15) is 11.6 Å². The van der Waals surface area contributed by atoms with E-state index in [1.165, 1.54) is 43.2 Å². The minimum atomic E-state index is 0.535. The van der Waals surface area contributed by atoms with E-state index < -0.39 is 0 Å². The lowest BCUT2D eigenvalue weighted by molar-refractivity contribution is 0.420. The summed E-state index contributed by atoms with van der Waals surface area (Å²) in [5, 5.41) is 0. The molecule has 2 aliphatic rings. The van der Waals surface area contributed by atoms with Crippen LogP contribution in [0, 0.1) is 0 Å². The summed E-state index contributed by atoms with van der Waals surface area (Å²) in [6.45, 7) is 0. The number of nitrogens with zero attached hydrogens (tertiary/aromatic N) is 2. The number of hydrogen-bond acceptors (Lipinski definition) is 3. The first kappa shape index (κ1) is 11.9. The van der Waals surface area contributed by atoms with E-state index in [0.717, 1.165) is 11.5 Å². The molecule has 2 aromatic rings. The molecule has 0 aliphatic heterocycles. The molecule has 2 N–H and O–H groups in total. The molecule has 2 aliphatic carbocycles. The average molecular weight is 265 g/mol. The number of hydrogen-bond donors (Lipinski definition) is 1. The standard InChI is InChI=1S/C17H19N3/c18-16-10-15(19-17(20-16)12-8-9-12)14-7-2-1-6-13(14)11-4-3-5-11/h1-2,6-7,10-12H,3-5,8-9H2,(H2,18,19,20). The van der Waals surface area contributed by atoms with Gasteiger partial charge in [0.25, 0.3) is 0 Å². The van der Waals surface area contributed by atoms with E-state index in [2.05, 4.69) is 29.2 Å². The van der Waals surface area contributed by atoms with Crippen LogP contribution >= 0.6 is 0 Å². The predicted molar refractivity (Wildman–Crippen MR) is 80.4 cm³/mol. The monoisotopic (exact) mass is 265 g/mol. The molecule has 3 nitrogen and oxygen atoms in total. The molecule has 0 saturated heterocycles. The molecular formula is C17H19N3. The molecule has 3 heteroatoms. The maximum Gasteiger partial charge on any atom is 0.134 e. The largest absolute Gasteiger partial charge is 0.384 e. The molecule has 1 heterocycles. The summed E-state index contributed by atoms with van der Waals surface area (Å²) in [6.07, 6.45) is 6.35. The third kappa shape index (κ3) is 2.07. The van der Waals surface area contributed by atoms with Crippen LogP contribution < -0.4 is 5.73 Å². The van der Waals surface area contributed by atoms with Gasteiger partial charge in [0.15, 0.2) is 0 Å². The van der Waals surface area contributed by atoms with Gasteiger partial charge >= 0.3 is 0 Å². The second kappa shape index (κ2) is 4.58. The van der Waals surface area contributed by atoms with Crippen molar-refractivity contribution in [1.29, 1.82) is 0 Å². The Morgan fingerprint density at radius 1 is 0.950 bits per heavy atom. The topological polar surface area (TPSA) is 51.8 Å². The van der Waals surface area contributed by atoms with Crippen molar-refractivity contribution in [3.05, 3.63) is 41.7 Å². The van der Waals surface area contributed by atoms with Gasteiger partial charge in [-0.05, 0) is 37.2 Å². The minimum absolute atomic E-state index is 0.535. The highest BCUT2D eigenvalue weighted by Crippen LogP contribution is 2.42. The van der Waals surface area contributed by atoms with Gasteiger partial charge in [-0.1, -0.05) is 30.7 Å². The third-order valence-electron chi connectivity index (χ3n) is 4.49. The van der Waals surface area contributed by atoms with Crippen molar-refractivity contribution in [2.75, 3.05) is 5.73 Å². The van der Waals surface area contributed by atoms with Gasteiger partial charge in [-0.2, -0.15) is 0 Å². The summed E-state index contributed by atoms with van der Waals surface area (Å²) in [7, 11) is 0. The molecule has 0 spiro atoms. The molecule has 102 valence electrons. The zero-order valence-corrected chi connectivity index (χ0v) is 11.5. The Labute approximate surface area is 119 Å². The van der Waals surface area contributed by atoms with Gasteiger partial charge in [0.05, 0.1) is 5.69 Å². The first-order valence-electron chi connectivity index (χ1n) is 7.55. The van der Waals surface area contributed by atoms with Crippen LogP contribution in [-0.2, 0) is 0 Å². The van der Waals surface area contributed by atoms with E-state index in [0.29, 0.717) is 17.7 Å². The number of nitrogens with two attached hydrogens (primary N) is 1. The normalized spacial score (nSPS) is 18.8. The van der Waals surface area contributed by atoms with Gasteiger partial charge in [-0.15, -0.1) is 0 Å². The van der Waals surface area contributed by atoms with Crippen LogP contribution in [-0.4, -0.2) is 9.97 Å². The van der Waals surface area contributed by atoms with E-state index in [4.69, 9.17) is 10.7 Å². The number of aromatic nitrogens is 2. The van der Waals surface area contributed by atoms with Crippen molar-refractivity contribution in [2.45, 2.75) is 43.9 Å². The third-order valence-corrected chi connectivity index (χ3v) is 4.49. The fraction of sp³-hybridized carbons (Fsp3) is 0.412. The summed E-state index contributed by atoms with van der Waals surface area (Å²) < 4.78 is 0. The highest BCUT2D eigenvalue weighted by Gasteiger charge is 2.28. The lowest BCUT2D eigenvalue weighted by Crippen LogP contribution is -2.10. The van der Waals surface area contributed by atoms with Crippen molar-refractivity contribution in [3.63, 3.8) is 0 Å². The summed E-state index contributed by atoms with van der Waals surface area (Å²) in [6, 6.07) is 10.6. The first-order valence-corrected chi connectivity index (χ1v) is 7.55. The molecule has 0 amide bonds. The molecule has 1 aromatic heterocycles. The van der Waals surface area contributed by atoms with Crippen LogP contribution in [0.2, 0.25) is 0 Å². The molecule has 0 radical (unpaired) electrons. The van der Waals surface area contributed by atoms with E-state index in [-0.39, 0.29) is 0 Å². The second-order valence-corrected chi connectivity index (χ2v) is 6.03. The van der Waals surface area contributed by atoms with Crippen LogP contribution in [0.15, 0.2) is 30.3 Å². The van der Waals surface area contributed by atoms with E-state index in [1.807, 2.05) is 6.07 Å². The number of rotatable bonds is 3. The fourth-order valence-electron chi connectivity index (χ4n) is 2.95. The zero-order valence-electron chi connectivity index (χ0n) is 11.5. The van der Waals surface area contributed by atoms with Crippen molar-refractivity contribution in [2.24, 2.45) is 0 Å². The average Bonchev–Trinajstić information content (AvgIpc) is 3.21. The summed E-state index contributed by atoms with van der Waals surface area (Å²) >= 11 is 0. The van der Waals surface area contributed by atoms with Crippen molar-refractivity contribution in [3.8, 4) is 11.3 Å². The number of nitrogen functional groups attached to an aromatic ring is 1. The Morgan fingerprint density at radius 3 is 2.45 bits per heavy atom. The van der Waals surface area contributed by atoms with Gasteiger partial charge in [-0.3, -0.25) is 0 Å². The SMILES string of the molecule is Nc1cc(-c2ccccc2C2CCC2)nc(C2CC2)n1. The van der Waals surface area contributed by atoms with Gasteiger partial charge in [0.2, 0.25) is 0 Å². The van der Waals surface area contributed by atoms with E-state index >= 15 is 0 Å². The Hall–Kier alpha value is -1.90. The number of anilines is 1. The lowest BCUT2D eigenvalue weighted by atomic mass is 9.78. The summed E-state index contributed by atoms with van der Waals surface area (Å²) in [5.74, 6) is 2.77. The van der Waals surface area contributed by atoms with Gasteiger partial charge in [-0.25, -0.2) is 9.97 Å². The molecule has 20 heavy (non-hydrogen) atoms. The Balaban J connectivity index is 1.80. The van der Waals surface area contributed by atoms with Crippen molar-refractivity contribution < 1.29 is 0 Å². The van der Waals surface area contributed by atoms with Crippen LogP contribution in [0.25, 0.3) is 11.3 Å². The predicted octanol–water partition coefficient (Wildman–Crippen LogP) is 3.87. The highest BCUT2D eigenvalue weighted by atomic mass is 15.0. The van der Waals surface area contributed by atoms with Crippen LogP contribution in [0.5, 0.6) is 0 Å². The Morgan fingerprint density at radius 2 is 1.75 bits per heavy atom. The molecule has 2 fully saturated rings. The molecule has 0 unspecified atom stereocenters. The maximum absolute atomic E-state index is 5.98. The second-order valence-electron chi connectivity index (χ2n) is 6.03. The lowest BCUT2D eigenvalue weighted by Gasteiger charge is -2.27. The molecule has 1 aromatic carbocycles. The molecule has 4 rings (SSSR count). The van der Waals surface area contributed by atoms with Crippen LogP contribution in [0.4, 0.5) is 5.82 Å². The van der Waals surface area contributed by atoms with Crippen LogP contribution in [0.1, 0.15) is 55.3 Å². The smallest absolute Gasteiger partial charge is 0.134 e. The van der Waals surface area contributed by atoms with Crippen molar-refractivity contribution >= 4 is 5.82 Å². The quantitative estimate of drug-likeness (QED) is 0.916. The first-order chi connectivity index (χ1) is 9.81. The summed E-state index contributed by atoms with van der Waals surface area (Å²) in [5.41, 5.74) is 9.66. The van der Waals surface area contributed by atoms with Gasteiger partial charge < -0.3 is 5.73 Å².